The van der Waals surface area contributed by atoms with Gasteiger partial charge in [-0.25, -0.2) is 4.79 Å². The van der Waals surface area contributed by atoms with Crippen molar-refractivity contribution < 1.29 is 19.1 Å². The molecule has 0 heterocycles. The van der Waals surface area contributed by atoms with Gasteiger partial charge in [0, 0.05) is 12.1 Å². The molecular weight excluding hydrogens is 268 g/mol. The van der Waals surface area contributed by atoms with E-state index >= 15 is 0 Å². The SMILES string of the molecule is COCCOC(=O)/C(=C/c1ccccc1Cl)C(C)=O. The second-order valence-corrected chi connectivity index (χ2v) is 4.17. The summed E-state index contributed by atoms with van der Waals surface area (Å²) in [5, 5.41) is 0.464. The van der Waals surface area contributed by atoms with Crippen LogP contribution >= 0.6 is 11.6 Å². The minimum Gasteiger partial charge on any atom is -0.460 e. The van der Waals surface area contributed by atoms with E-state index < -0.39 is 5.97 Å². The molecule has 0 bridgehead atoms. The summed E-state index contributed by atoms with van der Waals surface area (Å²) in [6.07, 6.45) is 1.43. The topological polar surface area (TPSA) is 52.6 Å². The van der Waals surface area contributed by atoms with Crippen LogP contribution in [0.4, 0.5) is 0 Å². The molecule has 0 aliphatic heterocycles. The van der Waals surface area contributed by atoms with E-state index in [1.54, 1.807) is 24.3 Å². The summed E-state index contributed by atoms with van der Waals surface area (Å²) in [7, 11) is 1.50. The average molecular weight is 283 g/mol. The van der Waals surface area contributed by atoms with Crippen LogP contribution in [0.2, 0.25) is 5.02 Å². The van der Waals surface area contributed by atoms with Crippen molar-refractivity contribution in [3.63, 3.8) is 0 Å². The lowest BCUT2D eigenvalue weighted by Gasteiger charge is -2.06. The second kappa shape index (κ2) is 7.71. The number of Topliss-reactive ketones (excluding diaryl/α,β-unsaturated/α-hetero) is 1. The lowest BCUT2D eigenvalue weighted by molar-refractivity contribution is -0.141. The zero-order valence-corrected chi connectivity index (χ0v) is 11.6. The Labute approximate surface area is 117 Å². The van der Waals surface area contributed by atoms with Crippen LogP contribution in [0.5, 0.6) is 0 Å². The molecule has 0 unspecified atom stereocenters. The number of carbonyl (C=O) groups excluding carboxylic acids is 2. The summed E-state index contributed by atoms with van der Waals surface area (Å²) in [5.41, 5.74) is 0.558. The van der Waals surface area contributed by atoms with Crippen LogP contribution < -0.4 is 0 Å². The van der Waals surface area contributed by atoms with Crippen molar-refractivity contribution in [2.75, 3.05) is 20.3 Å². The van der Waals surface area contributed by atoms with Gasteiger partial charge in [0.2, 0.25) is 0 Å². The molecule has 0 saturated heterocycles. The Hall–Kier alpha value is -1.65. The Morgan fingerprint density at radius 1 is 1.26 bits per heavy atom. The van der Waals surface area contributed by atoms with Gasteiger partial charge in [-0.3, -0.25) is 4.79 Å². The highest BCUT2D eigenvalue weighted by Gasteiger charge is 2.16. The first kappa shape index (κ1) is 15.4. The first-order chi connectivity index (χ1) is 9.06. The molecule has 1 aromatic rings. The predicted octanol–water partition coefficient (Wildman–Crippen LogP) is 2.50. The molecule has 0 radical (unpaired) electrons. The summed E-state index contributed by atoms with van der Waals surface area (Å²) < 4.78 is 9.69. The van der Waals surface area contributed by atoms with Gasteiger partial charge in [-0.2, -0.15) is 0 Å². The molecule has 0 N–H and O–H groups in total. The van der Waals surface area contributed by atoms with E-state index in [2.05, 4.69) is 0 Å². The van der Waals surface area contributed by atoms with E-state index in [0.717, 1.165) is 0 Å². The number of rotatable bonds is 6. The maximum Gasteiger partial charge on any atom is 0.341 e. The number of esters is 1. The van der Waals surface area contributed by atoms with Crippen LogP contribution in [-0.2, 0) is 19.1 Å². The molecule has 102 valence electrons. The van der Waals surface area contributed by atoms with E-state index in [9.17, 15) is 9.59 Å². The van der Waals surface area contributed by atoms with Crippen molar-refractivity contribution in [3.05, 3.63) is 40.4 Å². The Balaban J connectivity index is 2.92. The molecule has 0 aliphatic rings. The van der Waals surface area contributed by atoms with Crippen LogP contribution in [0.25, 0.3) is 6.08 Å². The number of benzene rings is 1. The second-order valence-electron chi connectivity index (χ2n) is 3.76. The normalized spacial score (nSPS) is 11.2. The molecule has 19 heavy (non-hydrogen) atoms. The van der Waals surface area contributed by atoms with E-state index in [1.807, 2.05) is 0 Å². The average Bonchev–Trinajstić information content (AvgIpc) is 2.37. The summed E-state index contributed by atoms with van der Waals surface area (Å²) in [5.74, 6) is -1.05. The van der Waals surface area contributed by atoms with E-state index in [0.29, 0.717) is 10.6 Å². The fourth-order valence-corrected chi connectivity index (χ4v) is 1.54. The molecular formula is C14H15ClO4. The lowest BCUT2D eigenvalue weighted by Crippen LogP contribution is -2.16. The van der Waals surface area contributed by atoms with Gasteiger partial charge < -0.3 is 9.47 Å². The maximum absolute atomic E-state index is 11.8. The molecule has 0 aromatic heterocycles. The van der Waals surface area contributed by atoms with Gasteiger partial charge in [0.1, 0.15) is 12.2 Å². The van der Waals surface area contributed by atoms with Gasteiger partial charge in [-0.1, -0.05) is 29.8 Å². The highest BCUT2D eigenvalue weighted by atomic mass is 35.5. The van der Waals surface area contributed by atoms with Gasteiger partial charge in [-0.15, -0.1) is 0 Å². The van der Waals surface area contributed by atoms with Crippen molar-refractivity contribution >= 4 is 29.4 Å². The van der Waals surface area contributed by atoms with Crippen molar-refractivity contribution in [1.82, 2.24) is 0 Å². The van der Waals surface area contributed by atoms with E-state index in [1.165, 1.54) is 20.1 Å². The monoisotopic (exact) mass is 282 g/mol. The highest BCUT2D eigenvalue weighted by molar-refractivity contribution is 6.32. The van der Waals surface area contributed by atoms with Crippen molar-refractivity contribution in [2.45, 2.75) is 6.92 Å². The molecule has 4 nitrogen and oxygen atoms in total. The zero-order valence-electron chi connectivity index (χ0n) is 10.8. The van der Waals surface area contributed by atoms with E-state index in [-0.39, 0.29) is 24.6 Å². The number of halogens is 1. The molecule has 0 spiro atoms. The van der Waals surface area contributed by atoms with Crippen molar-refractivity contribution in [2.24, 2.45) is 0 Å². The highest BCUT2D eigenvalue weighted by Crippen LogP contribution is 2.19. The fourth-order valence-electron chi connectivity index (χ4n) is 1.35. The van der Waals surface area contributed by atoms with Gasteiger partial charge in [0.05, 0.1) is 6.61 Å². The molecule has 0 aliphatic carbocycles. The van der Waals surface area contributed by atoms with Crippen LogP contribution in [0.1, 0.15) is 12.5 Å². The third kappa shape index (κ3) is 4.85. The van der Waals surface area contributed by atoms with E-state index in [4.69, 9.17) is 21.1 Å². The van der Waals surface area contributed by atoms with Gasteiger partial charge in [0.25, 0.3) is 0 Å². The molecule has 1 rings (SSSR count). The van der Waals surface area contributed by atoms with Crippen molar-refractivity contribution in [1.29, 1.82) is 0 Å². The Morgan fingerprint density at radius 3 is 2.53 bits per heavy atom. The molecule has 0 fully saturated rings. The zero-order chi connectivity index (χ0) is 14.3. The Morgan fingerprint density at radius 2 is 1.95 bits per heavy atom. The van der Waals surface area contributed by atoms with Gasteiger partial charge in [0.15, 0.2) is 5.78 Å². The first-order valence-electron chi connectivity index (χ1n) is 5.69. The van der Waals surface area contributed by atoms with Gasteiger partial charge in [-0.05, 0) is 24.6 Å². The van der Waals surface area contributed by atoms with Crippen molar-refractivity contribution in [3.8, 4) is 0 Å². The summed E-state index contributed by atoms with van der Waals surface area (Å²) in [4.78, 5) is 23.3. The number of hydrogen-bond donors (Lipinski definition) is 0. The predicted molar refractivity (Wildman–Crippen MR) is 72.9 cm³/mol. The Kier molecular flexibility index (Phi) is 6.25. The molecule has 5 heteroatoms. The number of ether oxygens (including phenoxy) is 2. The number of hydrogen-bond acceptors (Lipinski definition) is 4. The minimum atomic E-state index is -0.676. The number of methoxy groups -OCH3 is 1. The van der Waals surface area contributed by atoms with Crippen LogP contribution in [0.3, 0.4) is 0 Å². The third-order valence-electron chi connectivity index (χ3n) is 2.32. The third-order valence-corrected chi connectivity index (χ3v) is 2.67. The molecule has 1 aromatic carbocycles. The number of ketones is 1. The minimum absolute atomic E-state index is 0.0378. The summed E-state index contributed by atoms with van der Waals surface area (Å²) >= 11 is 5.98. The largest absolute Gasteiger partial charge is 0.460 e. The number of carbonyl (C=O) groups is 2. The lowest BCUT2D eigenvalue weighted by atomic mass is 10.1. The van der Waals surface area contributed by atoms with Crippen LogP contribution in [-0.4, -0.2) is 32.1 Å². The molecule has 0 saturated carbocycles. The molecule has 0 atom stereocenters. The first-order valence-corrected chi connectivity index (χ1v) is 6.07. The van der Waals surface area contributed by atoms with Crippen LogP contribution in [0, 0.1) is 0 Å². The van der Waals surface area contributed by atoms with Gasteiger partial charge >= 0.3 is 5.97 Å². The fraction of sp³-hybridized carbons (Fsp3) is 0.286. The Bertz CT molecular complexity index is 494. The van der Waals surface area contributed by atoms with Crippen LogP contribution in [0.15, 0.2) is 29.8 Å². The quantitative estimate of drug-likeness (QED) is 0.264. The molecule has 0 amide bonds. The smallest absolute Gasteiger partial charge is 0.341 e. The summed E-state index contributed by atoms with van der Waals surface area (Å²) in [6, 6.07) is 6.94. The maximum atomic E-state index is 11.8. The standard InChI is InChI=1S/C14H15ClO4/c1-10(16)12(14(17)19-8-7-18-2)9-11-5-3-4-6-13(11)15/h3-6,9H,7-8H2,1-2H3/b12-9+. The summed E-state index contributed by atoms with van der Waals surface area (Å²) in [6.45, 7) is 1.69.